The maximum absolute atomic E-state index is 12.8. The van der Waals surface area contributed by atoms with Gasteiger partial charge in [0.15, 0.2) is 0 Å². The van der Waals surface area contributed by atoms with Crippen molar-refractivity contribution in [2.45, 2.75) is 45.2 Å². The van der Waals surface area contributed by atoms with E-state index in [1.165, 1.54) is 30.7 Å². The minimum absolute atomic E-state index is 0.123. The molecule has 1 heterocycles. The minimum Gasteiger partial charge on any atom is -0.438 e. The number of alkyl halides is 6. The van der Waals surface area contributed by atoms with Gasteiger partial charge in [-0.3, -0.25) is 4.68 Å². The third kappa shape index (κ3) is 7.69. The molecule has 0 atom stereocenters. The van der Waals surface area contributed by atoms with E-state index < -0.39 is 40.2 Å². The van der Waals surface area contributed by atoms with E-state index in [-0.39, 0.29) is 11.6 Å². The number of benzene rings is 2. The van der Waals surface area contributed by atoms with Crippen molar-refractivity contribution in [3.8, 4) is 22.9 Å². The number of hydrogen-bond acceptors (Lipinski definition) is 4. The number of halogens is 6. The monoisotopic (exact) mass is 550 g/mol. The first kappa shape index (κ1) is 28.5. The molecule has 0 bridgehead atoms. The summed E-state index contributed by atoms with van der Waals surface area (Å²) in [5.41, 5.74) is -0.478. The van der Waals surface area contributed by atoms with E-state index in [0.29, 0.717) is 23.4 Å². The van der Waals surface area contributed by atoms with Crippen LogP contribution in [0, 0.1) is 0 Å². The fourth-order valence-electron chi connectivity index (χ4n) is 3.42. The first-order chi connectivity index (χ1) is 17.0. The molecule has 0 spiro atoms. The van der Waals surface area contributed by atoms with Gasteiger partial charge in [-0.2, -0.15) is 44.2 Å². The van der Waals surface area contributed by atoms with Crippen LogP contribution < -0.4 is 14.2 Å². The molecule has 0 unspecified atom stereocenters. The van der Waals surface area contributed by atoms with Gasteiger partial charge < -0.3 is 4.74 Å². The summed E-state index contributed by atoms with van der Waals surface area (Å²) in [4.78, 5) is 0. The van der Waals surface area contributed by atoms with Gasteiger partial charge in [-0.1, -0.05) is 18.2 Å². The number of rotatable bonds is 9. The highest BCUT2D eigenvalue weighted by Gasteiger charge is 2.33. The van der Waals surface area contributed by atoms with Crippen molar-refractivity contribution < 1.29 is 39.5 Å². The Hall–Kier alpha value is -3.10. The Bertz CT molecular complexity index is 1330. The summed E-state index contributed by atoms with van der Waals surface area (Å²) in [6.45, 7) is 3.50. The maximum atomic E-state index is 12.8. The summed E-state index contributed by atoms with van der Waals surface area (Å²) < 4.78 is 111. The second kappa shape index (κ2) is 10.3. The zero-order chi connectivity index (χ0) is 27.6. The molecule has 3 rings (SSSR count). The number of nitrogens with zero attached hydrogens (tertiary/aromatic N) is 2. The molecular weight excluding hydrogens is 526 g/mol. The Balaban J connectivity index is 1.84. The molecule has 0 amide bonds. The van der Waals surface area contributed by atoms with E-state index >= 15 is 0 Å². The topological polar surface area (TPSA) is 85.2 Å². The van der Waals surface area contributed by atoms with Gasteiger partial charge in [0, 0.05) is 18.2 Å². The average molecular weight is 551 g/mol. The molecule has 7 nitrogen and oxygen atoms in total. The number of aromatic nitrogens is 2. The predicted octanol–water partition coefficient (Wildman–Crippen LogP) is 5.60. The Morgan fingerprint density at radius 3 is 2.16 bits per heavy atom. The van der Waals surface area contributed by atoms with Crippen molar-refractivity contribution in [1.29, 1.82) is 0 Å². The SMILES string of the molecule is CCn1nc(Oc2ccc(C(F)(F)F)cc2)cc1-c1cccc(C(C)(C)NS(=O)(=O)NCC(F)(F)F)c1. The molecule has 0 saturated carbocycles. The van der Waals surface area contributed by atoms with Crippen LogP contribution >= 0.6 is 0 Å². The van der Waals surface area contributed by atoms with Crippen molar-refractivity contribution in [3.05, 3.63) is 65.7 Å². The first-order valence-corrected chi connectivity index (χ1v) is 12.4. The second-order valence-corrected chi connectivity index (χ2v) is 10.1. The van der Waals surface area contributed by atoms with Crippen LogP contribution in [0.2, 0.25) is 0 Å². The average Bonchev–Trinajstić information content (AvgIpc) is 3.19. The van der Waals surface area contributed by atoms with E-state index in [2.05, 4.69) is 9.82 Å². The maximum Gasteiger partial charge on any atom is 0.416 e. The zero-order valence-corrected chi connectivity index (χ0v) is 20.7. The fourth-order valence-corrected chi connectivity index (χ4v) is 4.64. The zero-order valence-electron chi connectivity index (χ0n) is 19.9. The second-order valence-electron chi connectivity index (χ2n) is 8.56. The summed E-state index contributed by atoms with van der Waals surface area (Å²) >= 11 is 0. The quantitative estimate of drug-likeness (QED) is 0.340. The van der Waals surface area contributed by atoms with Crippen LogP contribution in [0.4, 0.5) is 26.3 Å². The van der Waals surface area contributed by atoms with Crippen LogP contribution in [0.3, 0.4) is 0 Å². The number of hydrogen-bond donors (Lipinski definition) is 2. The van der Waals surface area contributed by atoms with Crippen LogP contribution in [-0.4, -0.2) is 30.9 Å². The minimum atomic E-state index is -4.71. The highest BCUT2D eigenvalue weighted by molar-refractivity contribution is 7.87. The summed E-state index contributed by atoms with van der Waals surface area (Å²) in [5, 5.41) is 4.31. The molecular formula is C23H24F6N4O3S. The van der Waals surface area contributed by atoms with Gasteiger partial charge in [0.25, 0.3) is 10.2 Å². The predicted molar refractivity (Wildman–Crippen MR) is 124 cm³/mol. The van der Waals surface area contributed by atoms with Crippen LogP contribution in [0.5, 0.6) is 11.6 Å². The van der Waals surface area contributed by atoms with Crippen molar-refractivity contribution in [2.24, 2.45) is 0 Å². The van der Waals surface area contributed by atoms with Crippen molar-refractivity contribution in [3.63, 3.8) is 0 Å². The third-order valence-electron chi connectivity index (χ3n) is 5.19. The van der Waals surface area contributed by atoms with Gasteiger partial charge >= 0.3 is 12.4 Å². The van der Waals surface area contributed by atoms with Gasteiger partial charge in [-0.25, -0.2) is 0 Å². The van der Waals surface area contributed by atoms with Gasteiger partial charge in [-0.15, -0.1) is 5.10 Å². The van der Waals surface area contributed by atoms with Gasteiger partial charge in [0.2, 0.25) is 5.88 Å². The molecule has 3 aromatic rings. The van der Waals surface area contributed by atoms with E-state index in [9.17, 15) is 34.8 Å². The summed E-state index contributed by atoms with van der Waals surface area (Å²) in [7, 11) is -4.48. The van der Waals surface area contributed by atoms with Crippen LogP contribution in [0.1, 0.15) is 31.9 Å². The van der Waals surface area contributed by atoms with E-state index in [0.717, 1.165) is 12.1 Å². The van der Waals surface area contributed by atoms with Crippen molar-refractivity contribution in [1.82, 2.24) is 19.2 Å². The van der Waals surface area contributed by atoms with Crippen LogP contribution in [-0.2, 0) is 28.5 Å². The normalized spacial score (nSPS) is 13.1. The van der Waals surface area contributed by atoms with Crippen molar-refractivity contribution >= 4 is 10.2 Å². The highest BCUT2D eigenvalue weighted by Crippen LogP contribution is 2.33. The summed E-state index contributed by atoms with van der Waals surface area (Å²) in [5.74, 6) is 0.272. The van der Waals surface area contributed by atoms with E-state index in [1.54, 1.807) is 35.0 Å². The van der Waals surface area contributed by atoms with Crippen LogP contribution in [0.25, 0.3) is 11.3 Å². The van der Waals surface area contributed by atoms with Crippen molar-refractivity contribution in [2.75, 3.05) is 6.54 Å². The molecule has 0 aliphatic rings. The summed E-state index contributed by atoms with van der Waals surface area (Å²) in [6, 6.07) is 12.3. The van der Waals surface area contributed by atoms with Gasteiger partial charge in [0.05, 0.1) is 16.8 Å². The molecule has 0 saturated heterocycles. The molecule has 202 valence electrons. The lowest BCUT2D eigenvalue weighted by molar-refractivity contribution is -0.137. The lowest BCUT2D eigenvalue weighted by atomic mass is 9.93. The molecule has 14 heteroatoms. The molecule has 37 heavy (non-hydrogen) atoms. The molecule has 0 aliphatic carbocycles. The molecule has 2 aromatic carbocycles. The van der Waals surface area contributed by atoms with E-state index in [4.69, 9.17) is 4.74 Å². The van der Waals surface area contributed by atoms with Crippen LogP contribution in [0.15, 0.2) is 54.6 Å². The molecule has 2 N–H and O–H groups in total. The lowest BCUT2D eigenvalue weighted by Gasteiger charge is -2.27. The number of aryl methyl sites for hydroxylation is 1. The fraction of sp³-hybridized carbons (Fsp3) is 0.348. The largest absolute Gasteiger partial charge is 0.438 e. The number of nitrogens with one attached hydrogen (secondary N) is 2. The first-order valence-electron chi connectivity index (χ1n) is 10.9. The Labute approximate surface area is 209 Å². The third-order valence-corrected chi connectivity index (χ3v) is 6.50. The van der Waals surface area contributed by atoms with E-state index in [1.807, 2.05) is 6.92 Å². The lowest BCUT2D eigenvalue weighted by Crippen LogP contribution is -2.48. The van der Waals surface area contributed by atoms with Gasteiger partial charge in [0.1, 0.15) is 12.3 Å². The number of ether oxygens (including phenoxy) is 1. The highest BCUT2D eigenvalue weighted by atomic mass is 32.2. The molecule has 0 aliphatic heterocycles. The Kier molecular flexibility index (Phi) is 7.96. The Morgan fingerprint density at radius 2 is 1.59 bits per heavy atom. The Morgan fingerprint density at radius 1 is 0.946 bits per heavy atom. The van der Waals surface area contributed by atoms with Gasteiger partial charge in [-0.05, 0) is 56.7 Å². The molecule has 0 radical (unpaired) electrons. The standard InChI is InChI=1S/C23H24F6N4O3S/c1-4-33-19(13-20(31-33)36-18-10-8-16(9-11-18)23(27,28)29)15-6-5-7-17(12-15)21(2,3)32-37(34,35)30-14-22(24,25)26/h5-13,30,32H,4,14H2,1-3H3. The molecule has 0 fully saturated rings. The smallest absolute Gasteiger partial charge is 0.416 e. The summed E-state index contributed by atoms with van der Waals surface area (Å²) in [6.07, 6.45) is -9.19. The molecule has 1 aromatic heterocycles.